The zero-order chi connectivity index (χ0) is 11.5. The second-order valence-electron chi connectivity index (χ2n) is 4.45. The molecule has 2 unspecified atom stereocenters. The van der Waals surface area contributed by atoms with Crippen LogP contribution in [0.1, 0.15) is 24.8 Å². The Morgan fingerprint density at radius 1 is 1.44 bits per heavy atom. The molecule has 1 aliphatic carbocycles. The molecule has 2 rings (SSSR count). The largest absolute Gasteiger partial charge is 0.328 e. The molecule has 1 fully saturated rings. The van der Waals surface area contributed by atoms with Gasteiger partial charge in [0.1, 0.15) is 0 Å². The number of nitrogens with two attached hydrogens (primary N) is 1. The third-order valence-electron chi connectivity index (χ3n) is 3.14. The molecule has 0 aromatic carbocycles. The maximum absolute atomic E-state index is 11.9. The van der Waals surface area contributed by atoms with Crippen LogP contribution in [0.4, 0.5) is 5.69 Å². The van der Waals surface area contributed by atoms with E-state index in [1.165, 1.54) is 0 Å². The number of nitrogens with zero attached hydrogens (tertiary/aromatic N) is 1. The summed E-state index contributed by atoms with van der Waals surface area (Å²) >= 11 is 0. The molecule has 6 heteroatoms. The van der Waals surface area contributed by atoms with Gasteiger partial charge in [-0.3, -0.25) is 9.78 Å². The summed E-state index contributed by atoms with van der Waals surface area (Å²) < 4.78 is 0. The minimum atomic E-state index is 0. The van der Waals surface area contributed by atoms with Crippen molar-refractivity contribution in [1.29, 1.82) is 0 Å². The number of aromatic nitrogens is 1. The van der Waals surface area contributed by atoms with Crippen molar-refractivity contribution in [3.05, 3.63) is 24.0 Å². The molecule has 0 saturated heterocycles. The summed E-state index contributed by atoms with van der Waals surface area (Å²) in [6, 6.07) is 2.07. The van der Waals surface area contributed by atoms with Crippen molar-refractivity contribution >= 4 is 36.4 Å². The normalized spacial score (nSPS) is 21.7. The number of nitrogens with one attached hydrogen (secondary N) is 1. The maximum Gasteiger partial charge on any atom is 0.227 e. The first kappa shape index (κ1) is 17.2. The zero-order valence-corrected chi connectivity index (χ0v) is 11.9. The highest BCUT2D eigenvalue weighted by Crippen LogP contribution is 2.25. The lowest BCUT2D eigenvalue weighted by Crippen LogP contribution is -2.23. The molecule has 1 amide bonds. The molecule has 102 valence electrons. The van der Waals surface area contributed by atoms with E-state index in [2.05, 4.69) is 10.3 Å². The van der Waals surface area contributed by atoms with Gasteiger partial charge in [-0.1, -0.05) is 0 Å². The van der Waals surface area contributed by atoms with E-state index in [-0.39, 0.29) is 42.7 Å². The topological polar surface area (TPSA) is 68.0 Å². The lowest BCUT2D eigenvalue weighted by Gasteiger charge is -2.11. The molecule has 0 spiro atoms. The van der Waals surface area contributed by atoms with Crippen LogP contribution in [-0.4, -0.2) is 16.9 Å². The van der Waals surface area contributed by atoms with E-state index in [0.717, 1.165) is 30.5 Å². The lowest BCUT2D eigenvalue weighted by molar-refractivity contribution is -0.119. The van der Waals surface area contributed by atoms with Gasteiger partial charge in [-0.2, -0.15) is 0 Å². The molecule has 2 atom stereocenters. The van der Waals surface area contributed by atoms with Crippen LogP contribution in [0.3, 0.4) is 0 Å². The molecule has 0 bridgehead atoms. The van der Waals surface area contributed by atoms with Gasteiger partial charge in [-0.25, -0.2) is 0 Å². The third kappa shape index (κ3) is 4.12. The number of anilines is 1. The van der Waals surface area contributed by atoms with Crippen LogP contribution < -0.4 is 11.1 Å². The van der Waals surface area contributed by atoms with Crippen molar-refractivity contribution in [1.82, 2.24) is 4.98 Å². The molecule has 1 aromatic heterocycles. The van der Waals surface area contributed by atoms with E-state index < -0.39 is 0 Å². The maximum atomic E-state index is 11.9. The Kier molecular flexibility index (Phi) is 7.21. The minimum Gasteiger partial charge on any atom is -0.328 e. The Morgan fingerprint density at radius 3 is 2.72 bits per heavy atom. The van der Waals surface area contributed by atoms with Gasteiger partial charge in [-0.05, 0) is 37.8 Å². The van der Waals surface area contributed by atoms with Crippen LogP contribution in [0.2, 0.25) is 0 Å². The Bertz CT molecular complexity index is 401. The molecule has 0 aliphatic heterocycles. The van der Waals surface area contributed by atoms with Crippen molar-refractivity contribution in [3.63, 3.8) is 0 Å². The van der Waals surface area contributed by atoms with Crippen molar-refractivity contribution in [2.75, 3.05) is 5.32 Å². The summed E-state index contributed by atoms with van der Waals surface area (Å²) in [5.41, 5.74) is 7.63. The highest BCUT2D eigenvalue weighted by atomic mass is 35.5. The van der Waals surface area contributed by atoms with Gasteiger partial charge in [0, 0.05) is 18.2 Å². The van der Waals surface area contributed by atoms with Gasteiger partial charge in [-0.15, -0.1) is 24.8 Å². The molecule has 1 aliphatic rings. The average molecular weight is 292 g/mol. The first-order chi connectivity index (χ1) is 7.66. The third-order valence-corrected chi connectivity index (χ3v) is 3.14. The van der Waals surface area contributed by atoms with Crippen molar-refractivity contribution < 1.29 is 4.79 Å². The highest BCUT2D eigenvalue weighted by Gasteiger charge is 2.27. The Morgan fingerprint density at radius 2 is 2.17 bits per heavy atom. The Hall–Kier alpha value is -0.840. The quantitative estimate of drug-likeness (QED) is 0.879. The van der Waals surface area contributed by atoms with Crippen LogP contribution in [0.15, 0.2) is 18.5 Å². The Balaban J connectivity index is 0.00000144. The van der Waals surface area contributed by atoms with Crippen molar-refractivity contribution in [2.45, 2.75) is 32.2 Å². The van der Waals surface area contributed by atoms with Crippen LogP contribution in [-0.2, 0) is 4.79 Å². The zero-order valence-electron chi connectivity index (χ0n) is 10.3. The fourth-order valence-electron chi connectivity index (χ4n) is 2.08. The van der Waals surface area contributed by atoms with Gasteiger partial charge in [0.15, 0.2) is 0 Å². The summed E-state index contributed by atoms with van der Waals surface area (Å²) in [5.74, 6) is 0.138. The molecular formula is C12H19Cl2N3O. The summed E-state index contributed by atoms with van der Waals surface area (Å²) in [6.07, 6.45) is 6.04. The summed E-state index contributed by atoms with van der Waals surface area (Å²) in [7, 11) is 0. The van der Waals surface area contributed by atoms with Crippen LogP contribution in [0.5, 0.6) is 0 Å². The number of hydrogen-bond donors (Lipinski definition) is 2. The number of carbonyl (C=O) groups is 1. The summed E-state index contributed by atoms with van der Waals surface area (Å²) in [6.45, 7) is 1.96. The van der Waals surface area contributed by atoms with Crippen molar-refractivity contribution in [2.24, 2.45) is 11.7 Å². The number of aryl methyl sites for hydroxylation is 1. The van der Waals surface area contributed by atoms with Gasteiger partial charge in [0.2, 0.25) is 5.91 Å². The minimum absolute atomic E-state index is 0. The van der Waals surface area contributed by atoms with E-state index in [4.69, 9.17) is 5.73 Å². The number of halogens is 2. The molecule has 18 heavy (non-hydrogen) atoms. The monoisotopic (exact) mass is 291 g/mol. The Labute approximate surface area is 120 Å². The first-order valence-corrected chi connectivity index (χ1v) is 5.64. The van der Waals surface area contributed by atoms with Crippen molar-refractivity contribution in [3.8, 4) is 0 Å². The number of carbonyl (C=O) groups excluding carboxylic acids is 1. The molecule has 1 aromatic rings. The smallest absolute Gasteiger partial charge is 0.227 e. The predicted molar refractivity (Wildman–Crippen MR) is 77.4 cm³/mol. The summed E-state index contributed by atoms with van der Waals surface area (Å²) in [5, 5.41) is 2.92. The number of rotatable bonds is 2. The number of amides is 1. The summed E-state index contributed by atoms with van der Waals surface area (Å²) in [4.78, 5) is 15.9. The average Bonchev–Trinajstić information content (AvgIpc) is 2.68. The van der Waals surface area contributed by atoms with Crippen LogP contribution in [0.25, 0.3) is 0 Å². The predicted octanol–water partition coefficient (Wildman–Crippen LogP) is 2.30. The van der Waals surface area contributed by atoms with E-state index in [1.807, 2.05) is 13.0 Å². The molecule has 4 nitrogen and oxygen atoms in total. The number of pyridine rings is 1. The van der Waals surface area contributed by atoms with E-state index in [1.54, 1.807) is 12.4 Å². The van der Waals surface area contributed by atoms with E-state index in [9.17, 15) is 4.79 Å². The molecule has 1 saturated carbocycles. The second kappa shape index (κ2) is 7.56. The standard InChI is InChI=1S/C12H17N3O.2ClH/c1-8-4-5-14-7-11(8)15-12(16)9-2-3-10(13)6-9;;/h4-5,7,9-10H,2-3,6,13H2,1H3,(H,15,16);2*1H. The van der Waals surface area contributed by atoms with E-state index in [0.29, 0.717) is 0 Å². The van der Waals surface area contributed by atoms with Crippen LogP contribution >= 0.6 is 24.8 Å². The van der Waals surface area contributed by atoms with Gasteiger partial charge >= 0.3 is 0 Å². The molecule has 1 heterocycles. The number of hydrogen-bond acceptors (Lipinski definition) is 3. The van der Waals surface area contributed by atoms with E-state index >= 15 is 0 Å². The molecular weight excluding hydrogens is 273 g/mol. The second-order valence-corrected chi connectivity index (χ2v) is 4.45. The fraction of sp³-hybridized carbons (Fsp3) is 0.500. The van der Waals surface area contributed by atoms with Gasteiger partial charge in [0.25, 0.3) is 0 Å². The van der Waals surface area contributed by atoms with Gasteiger partial charge < -0.3 is 11.1 Å². The molecule has 3 N–H and O–H groups in total. The van der Waals surface area contributed by atoms with Gasteiger partial charge in [0.05, 0.1) is 11.9 Å². The first-order valence-electron chi connectivity index (χ1n) is 5.64. The molecule has 0 radical (unpaired) electrons. The SMILES string of the molecule is Cc1ccncc1NC(=O)C1CCC(N)C1.Cl.Cl. The fourth-order valence-corrected chi connectivity index (χ4v) is 2.08. The van der Waals surface area contributed by atoms with Crippen LogP contribution in [0, 0.1) is 12.8 Å². The highest BCUT2D eigenvalue weighted by molar-refractivity contribution is 5.93. The lowest BCUT2D eigenvalue weighted by atomic mass is 10.1.